The van der Waals surface area contributed by atoms with Gasteiger partial charge in [0.25, 0.3) is 5.92 Å². The van der Waals surface area contributed by atoms with Gasteiger partial charge in [-0.3, -0.25) is 4.79 Å². The van der Waals surface area contributed by atoms with Crippen LogP contribution in [0.2, 0.25) is 0 Å². The number of carbonyl (C=O) groups is 2. The Morgan fingerprint density at radius 1 is 0.977 bits per heavy atom. The molecule has 0 bridgehead atoms. The van der Waals surface area contributed by atoms with E-state index >= 15 is 0 Å². The SMILES string of the molecule is COC(=O)Cc1ccccc1CCc1nc(Nc2ccc(C3CCN(C(=O)OC(C)(C)C)CC3)cc2)ncc1C(C)(F)F. The fourth-order valence-corrected chi connectivity index (χ4v) is 5.18. The van der Waals surface area contributed by atoms with Gasteiger partial charge in [0.15, 0.2) is 0 Å². The van der Waals surface area contributed by atoms with Crippen molar-refractivity contribution in [1.82, 2.24) is 14.9 Å². The summed E-state index contributed by atoms with van der Waals surface area (Å²) in [7, 11) is 1.33. The molecule has 1 amide bonds. The van der Waals surface area contributed by atoms with E-state index in [2.05, 4.69) is 15.3 Å². The Hall–Kier alpha value is -4.08. The molecule has 4 rings (SSSR count). The molecule has 0 aliphatic carbocycles. The van der Waals surface area contributed by atoms with Crippen LogP contribution in [0.4, 0.5) is 25.2 Å². The number of aryl methyl sites for hydroxylation is 2. The van der Waals surface area contributed by atoms with Gasteiger partial charge < -0.3 is 19.7 Å². The van der Waals surface area contributed by atoms with E-state index in [1.54, 1.807) is 4.90 Å². The number of hydrogen-bond donors (Lipinski definition) is 1. The summed E-state index contributed by atoms with van der Waals surface area (Å²) >= 11 is 0. The molecule has 2 aromatic carbocycles. The number of ether oxygens (including phenoxy) is 2. The van der Waals surface area contributed by atoms with Crippen LogP contribution in [0.15, 0.2) is 54.7 Å². The van der Waals surface area contributed by atoms with E-state index in [4.69, 9.17) is 9.47 Å². The lowest BCUT2D eigenvalue weighted by molar-refractivity contribution is -0.139. The van der Waals surface area contributed by atoms with Gasteiger partial charge in [-0.25, -0.2) is 23.5 Å². The van der Waals surface area contributed by atoms with Crippen molar-refractivity contribution in [3.63, 3.8) is 0 Å². The van der Waals surface area contributed by atoms with Crippen molar-refractivity contribution in [1.29, 1.82) is 0 Å². The van der Waals surface area contributed by atoms with Crippen molar-refractivity contribution < 1.29 is 27.8 Å². The van der Waals surface area contributed by atoms with E-state index in [0.717, 1.165) is 36.6 Å². The van der Waals surface area contributed by atoms with E-state index < -0.39 is 11.5 Å². The molecule has 3 aromatic rings. The fraction of sp³-hybridized carbons (Fsp3) is 0.455. The second-order valence-corrected chi connectivity index (χ2v) is 12.0. The fourth-order valence-electron chi connectivity index (χ4n) is 5.18. The number of rotatable bonds is 9. The van der Waals surface area contributed by atoms with E-state index in [9.17, 15) is 18.4 Å². The number of halogens is 2. The Balaban J connectivity index is 1.42. The van der Waals surface area contributed by atoms with Crippen LogP contribution in [-0.2, 0) is 39.5 Å². The molecule has 1 aliphatic rings. The smallest absolute Gasteiger partial charge is 0.410 e. The third kappa shape index (κ3) is 8.95. The summed E-state index contributed by atoms with van der Waals surface area (Å²) in [6.45, 7) is 7.70. The van der Waals surface area contributed by atoms with Gasteiger partial charge in [0, 0.05) is 31.9 Å². The highest BCUT2D eigenvalue weighted by molar-refractivity contribution is 5.73. The average molecular weight is 595 g/mol. The molecule has 10 heteroatoms. The number of benzene rings is 2. The zero-order valence-electron chi connectivity index (χ0n) is 25.5. The molecule has 0 radical (unpaired) electrons. The van der Waals surface area contributed by atoms with Crippen LogP contribution < -0.4 is 5.32 Å². The molecule has 43 heavy (non-hydrogen) atoms. The second-order valence-electron chi connectivity index (χ2n) is 12.0. The summed E-state index contributed by atoms with van der Waals surface area (Å²) in [5.41, 5.74) is 3.07. The maximum Gasteiger partial charge on any atom is 0.410 e. The molecule has 0 spiro atoms. The zero-order valence-corrected chi connectivity index (χ0v) is 25.5. The van der Waals surface area contributed by atoms with Crippen LogP contribution in [0.3, 0.4) is 0 Å². The van der Waals surface area contributed by atoms with Crippen molar-refractivity contribution in [3.05, 3.63) is 82.7 Å². The van der Waals surface area contributed by atoms with Gasteiger partial charge >= 0.3 is 12.1 Å². The number of methoxy groups -OCH3 is 1. The maximum atomic E-state index is 14.5. The summed E-state index contributed by atoms with van der Waals surface area (Å²) < 4.78 is 39.2. The van der Waals surface area contributed by atoms with Gasteiger partial charge in [-0.15, -0.1) is 0 Å². The Morgan fingerprint density at radius 3 is 2.23 bits per heavy atom. The number of amides is 1. The minimum Gasteiger partial charge on any atom is -0.469 e. The molecular weight excluding hydrogens is 554 g/mol. The van der Waals surface area contributed by atoms with E-state index in [1.165, 1.54) is 18.9 Å². The third-order valence-electron chi connectivity index (χ3n) is 7.44. The summed E-state index contributed by atoms with van der Waals surface area (Å²) in [6.07, 6.45) is 3.36. The number of anilines is 2. The summed E-state index contributed by atoms with van der Waals surface area (Å²) in [5.74, 6) is -2.92. The second kappa shape index (κ2) is 13.5. The molecular formula is C33H40F2N4O4. The number of aromatic nitrogens is 2. The molecule has 8 nitrogen and oxygen atoms in total. The lowest BCUT2D eigenvalue weighted by atomic mass is 9.89. The molecule has 2 heterocycles. The normalized spacial score (nSPS) is 14.3. The van der Waals surface area contributed by atoms with Crippen molar-refractivity contribution in [2.75, 3.05) is 25.5 Å². The lowest BCUT2D eigenvalue weighted by Crippen LogP contribution is -2.41. The molecule has 0 unspecified atom stereocenters. The van der Waals surface area contributed by atoms with Gasteiger partial charge in [-0.2, -0.15) is 0 Å². The van der Waals surface area contributed by atoms with Crippen LogP contribution in [0.1, 0.15) is 74.4 Å². The van der Waals surface area contributed by atoms with Crippen LogP contribution in [-0.4, -0.2) is 52.7 Å². The van der Waals surface area contributed by atoms with Crippen molar-refractivity contribution in [2.24, 2.45) is 0 Å². The number of hydrogen-bond acceptors (Lipinski definition) is 7. The minimum absolute atomic E-state index is 0.110. The first-order valence-electron chi connectivity index (χ1n) is 14.5. The number of piperidine rings is 1. The van der Waals surface area contributed by atoms with Crippen LogP contribution in [0.5, 0.6) is 0 Å². The van der Waals surface area contributed by atoms with Gasteiger partial charge in [0.05, 0.1) is 24.8 Å². The molecule has 0 atom stereocenters. The van der Waals surface area contributed by atoms with Crippen LogP contribution in [0.25, 0.3) is 0 Å². The molecule has 1 fully saturated rings. The Kier molecular flexibility index (Phi) is 9.98. The van der Waals surface area contributed by atoms with Gasteiger partial charge in [-0.05, 0) is 81.2 Å². The first-order chi connectivity index (χ1) is 20.3. The molecule has 0 saturated carbocycles. The highest BCUT2D eigenvalue weighted by Crippen LogP contribution is 2.32. The largest absolute Gasteiger partial charge is 0.469 e. The van der Waals surface area contributed by atoms with Crippen molar-refractivity contribution >= 4 is 23.7 Å². The highest BCUT2D eigenvalue weighted by Gasteiger charge is 2.30. The van der Waals surface area contributed by atoms with Gasteiger partial charge in [-0.1, -0.05) is 36.4 Å². The molecule has 1 aromatic heterocycles. The summed E-state index contributed by atoms with van der Waals surface area (Å²) in [4.78, 5) is 34.6. The molecule has 1 aliphatic heterocycles. The van der Waals surface area contributed by atoms with Gasteiger partial charge in [0.1, 0.15) is 5.60 Å². The first kappa shape index (κ1) is 31.8. The van der Waals surface area contributed by atoms with Crippen LogP contribution in [0, 0.1) is 0 Å². The predicted octanol–water partition coefficient (Wildman–Crippen LogP) is 6.95. The summed E-state index contributed by atoms with van der Waals surface area (Å²) in [6, 6.07) is 15.3. The number of esters is 1. The monoisotopic (exact) mass is 594 g/mol. The zero-order chi connectivity index (χ0) is 31.2. The molecule has 1 saturated heterocycles. The molecule has 1 N–H and O–H groups in total. The van der Waals surface area contributed by atoms with Crippen LogP contribution >= 0.6 is 0 Å². The third-order valence-corrected chi connectivity index (χ3v) is 7.44. The highest BCUT2D eigenvalue weighted by atomic mass is 19.3. The van der Waals surface area contributed by atoms with E-state index in [0.29, 0.717) is 25.4 Å². The minimum atomic E-state index is -3.11. The van der Waals surface area contributed by atoms with Gasteiger partial charge in [0.2, 0.25) is 5.95 Å². The van der Waals surface area contributed by atoms with Crippen molar-refractivity contribution in [2.45, 2.75) is 77.2 Å². The number of nitrogens with zero attached hydrogens (tertiary/aromatic N) is 3. The van der Waals surface area contributed by atoms with Crippen molar-refractivity contribution in [3.8, 4) is 0 Å². The Bertz CT molecular complexity index is 1410. The molecule has 230 valence electrons. The quantitative estimate of drug-likeness (QED) is 0.268. The lowest BCUT2D eigenvalue weighted by Gasteiger charge is -2.33. The average Bonchev–Trinajstić information content (AvgIpc) is 2.96. The number of carbonyl (C=O) groups excluding carboxylic acids is 2. The topological polar surface area (TPSA) is 93.7 Å². The predicted molar refractivity (Wildman–Crippen MR) is 161 cm³/mol. The standard InChI is InChI=1S/C33H40F2N4O4/c1-32(2,3)43-31(41)39-18-16-24(17-19-39)23-10-13-26(14-11-23)37-30-36-21-27(33(4,34)35)28(38-30)15-12-22-8-6-7-9-25(22)20-29(40)42-5/h6-11,13-14,21,24H,12,15-20H2,1-5H3,(H,36,37,38). The number of nitrogens with one attached hydrogen (secondary N) is 1. The Labute approximate surface area is 251 Å². The van der Waals surface area contributed by atoms with E-state index in [-0.39, 0.29) is 42.1 Å². The first-order valence-corrected chi connectivity index (χ1v) is 14.5. The maximum absolute atomic E-state index is 14.5. The number of likely N-dealkylation sites (tertiary alicyclic amines) is 1. The van der Waals surface area contributed by atoms with E-state index in [1.807, 2.05) is 69.3 Å². The Morgan fingerprint density at radius 2 is 1.63 bits per heavy atom. The number of alkyl halides is 2. The summed E-state index contributed by atoms with van der Waals surface area (Å²) in [5, 5.41) is 3.14.